The Bertz CT molecular complexity index is 6970. The molecular formula is C92H84N24O8. The van der Waals surface area contributed by atoms with E-state index in [1.807, 2.05) is 111 Å². The molecule has 8 aromatic carbocycles. The van der Waals surface area contributed by atoms with E-state index in [4.69, 9.17) is 21.9 Å². The first kappa shape index (κ1) is 82.6. The topological polar surface area (TPSA) is 389 Å². The summed E-state index contributed by atoms with van der Waals surface area (Å²) in [6.45, 7) is 3.30. The van der Waals surface area contributed by atoms with Crippen molar-refractivity contribution in [1.82, 2.24) is 82.1 Å². The lowest BCUT2D eigenvalue weighted by Crippen LogP contribution is -2.26. The lowest BCUT2D eigenvalue weighted by Gasteiger charge is -2.17. The molecule has 0 radical (unpaired) electrons. The van der Waals surface area contributed by atoms with Crippen LogP contribution in [0.3, 0.4) is 0 Å². The van der Waals surface area contributed by atoms with Crippen molar-refractivity contribution in [3.05, 3.63) is 323 Å². The molecule has 16 aromatic rings. The van der Waals surface area contributed by atoms with Crippen LogP contribution in [0.2, 0.25) is 0 Å². The van der Waals surface area contributed by atoms with Crippen molar-refractivity contribution in [2.24, 2.45) is 0 Å². The number of nitrogens with one attached hydrogen (secondary N) is 2. The number of nitrogens with zero attached hydrogens (tertiary/aromatic N) is 19. The largest absolute Gasteiger partial charge is 0.457 e. The summed E-state index contributed by atoms with van der Waals surface area (Å²) in [5.74, 6) is 1.37. The molecule has 0 aliphatic heterocycles. The predicted molar refractivity (Wildman–Crippen MR) is 481 cm³/mol. The summed E-state index contributed by atoms with van der Waals surface area (Å²) in [7, 11) is 9.28. The van der Waals surface area contributed by atoms with E-state index in [0.29, 0.717) is 120 Å². The van der Waals surface area contributed by atoms with Crippen LogP contribution in [-0.4, -0.2) is 160 Å². The Morgan fingerprint density at radius 1 is 0.444 bits per heavy atom. The van der Waals surface area contributed by atoms with Crippen LogP contribution in [0.15, 0.2) is 301 Å². The Morgan fingerprint density at radius 3 is 1.47 bits per heavy atom. The van der Waals surface area contributed by atoms with Gasteiger partial charge < -0.3 is 47.3 Å². The van der Waals surface area contributed by atoms with Crippen molar-refractivity contribution in [1.29, 1.82) is 0 Å². The molecule has 0 unspecified atom stereocenters. The molecule has 1 saturated carbocycles. The molecule has 124 heavy (non-hydrogen) atoms. The van der Waals surface area contributed by atoms with Gasteiger partial charge in [-0.1, -0.05) is 91.9 Å². The molecule has 1 fully saturated rings. The van der Waals surface area contributed by atoms with Crippen LogP contribution in [-0.2, 0) is 14.4 Å². The quantitative estimate of drug-likeness (QED) is 0.0371. The Morgan fingerprint density at radius 2 is 0.927 bits per heavy atom. The SMILES string of the molecule is CC/C=C/C(=O)Nc1cccc(-n2c(=O)n(-c3ccc(Oc4ccccc4)cc3)c3c(N)ncnc32)c1.CN(C(=O)/C=C/CN(C)C1CC1)c1cccc(-n2c(=O)n(-c3cnc4ccccc4c3)c3c(N)ncnc32)c1.CN(C)C/C=C/C(=O)N(C)c1cccc(-n2c(=O)n(-c3ccc(C(=O)Nc4cccc(-c5ncccn5)c4)cc3)c3c(N)ncnc32)c1. The Balaban J connectivity index is 0.000000145. The van der Waals surface area contributed by atoms with Crippen LogP contribution in [0.25, 0.3) is 89.9 Å². The number of allylic oxidation sites excluding steroid dienone is 1. The minimum Gasteiger partial charge on any atom is -0.457 e. The van der Waals surface area contributed by atoms with Crippen molar-refractivity contribution in [3.63, 3.8) is 0 Å². The molecule has 32 nitrogen and oxygen atoms in total. The van der Waals surface area contributed by atoms with Gasteiger partial charge in [0.15, 0.2) is 40.2 Å². The van der Waals surface area contributed by atoms with Gasteiger partial charge in [0, 0.05) is 97.0 Å². The average Bonchev–Trinajstić information content (AvgIpc) is 1.60. The van der Waals surface area contributed by atoms with E-state index < -0.39 is 5.69 Å². The Kier molecular flexibility index (Phi) is 24.5. The number of benzene rings is 8. The number of nitrogens with two attached hydrogens (primary N) is 3. The Hall–Kier alpha value is -16.5. The summed E-state index contributed by atoms with van der Waals surface area (Å²) in [5.41, 5.74) is 27.1. The third-order valence-electron chi connectivity index (χ3n) is 20.2. The van der Waals surface area contributed by atoms with Crippen molar-refractivity contribution < 1.29 is 23.9 Å². The van der Waals surface area contributed by atoms with Gasteiger partial charge >= 0.3 is 17.1 Å². The smallest absolute Gasteiger partial charge is 0.339 e. The number of pyridine rings is 1. The molecule has 0 atom stereocenters. The summed E-state index contributed by atoms with van der Waals surface area (Å²) in [5, 5.41) is 6.60. The number of para-hydroxylation sites is 2. The number of amides is 4. The van der Waals surface area contributed by atoms with Crippen LogP contribution in [0.4, 0.5) is 40.2 Å². The van der Waals surface area contributed by atoms with Crippen molar-refractivity contribution >= 4 is 108 Å². The average molecular weight is 1650 g/mol. The third-order valence-corrected chi connectivity index (χ3v) is 20.2. The second-order valence-electron chi connectivity index (χ2n) is 29.0. The van der Waals surface area contributed by atoms with Crippen molar-refractivity contribution in [2.75, 3.05) is 86.0 Å². The molecule has 8 N–H and O–H groups in total. The van der Waals surface area contributed by atoms with Gasteiger partial charge in [-0.2, -0.15) is 0 Å². The maximum absolute atomic E-state index is 14.1. The van der Waals surface area contributed by atoms with E-state index >= 15 is 0 Å². The molecule has 4 amide bonds. The minimum absolute atomic E-state index is 0.106. The number of carbonyl (C=O) groups is 4. The van der Waals surface area contributed by atoms with Crippen LogP contribution in [0, 0.1) is 0 Å². The molecule has 17 rings (SSSR count). The Labute approximate surface area is 709 Å². The van der Waals surface area contributed by atoms with E-state index in [1.165, 1.54) is 76.3 Å². The minimum atomic E-state index is -0.452. The highest BCUT2D eigenvalue weighted by atomic mass is 16.5. The van der Waals surface area contributed by atoms with E-state index in [1.54, 1.807) is 189 Å². The lowest BCUT2D eigenvalue weighted by atomic mass is 10.1. The number of nitrogen functional groups attached to an aromatic ring is 3. The van der Waals surface area contributed by atoms with E-state index in [9.17, 15) is 33.6 Å². The van der Waals surface area contributed by atoms with Gasteiger partial charge in [0.05, 0.1) is 45.8 Å². The summed E-state index contributed by atoms with van der Waals surface area (Å²) in [6, 6.07) is 63.4. The summed E-state index contributed by atoms with van der Waals surface area (Å²) < 4.78 is 14.6. The number of fused-ring (bicyclic) bond motifs is 4. The molecule has 1 aliphatic rings. The molecule has 0 bridgehead atoms. The number of likely N-dealkylation sites (N-methyl/N-ethyl adjacent to an activating group) is 4. The molecule has 620 valence electrons. The lowest BCUT2D eigenvalue weighted by molar-refractivity contribution is -0.114. The highest BCUT2D eigenvalue weighted by Gasteiger charge is 2.28. The van der Waals surface area contributed by atoms with Gasteiger partial charge in [0.2, 0.25) is 17.7 Å². The number of hydrogen-bond donors (Lipinski definition) is 5. The zero-order valence-electron chi connectivity index (χ0n) is 68.2. The second-order valence-corrected chi connectivity index (χ2v) is 29.0. The van der Waals surface area contributed by atoms with Crippen molar-refractivity contribution in [3.8, 4) is 57.0 Å². The second kappa shape index (κ2) is 36.8. The number of hydrogen-bond acceptors (Lipinski definition) is 22. The number of carbonyl (C=O) groups excluding carboxylic acids is 4. The fraction of sp³-hybridized carbons (Fsp3) is 0.130. The van der Waals surface area contributed by atoms with Crippen molar-refractivity contribution in [2.45, 2.75) is 32.2 Å². The highest BCUT2D eigenvalue weighted by Crippen LogP contribution is 2.32. The van der Waals surface area contributed by atoms with Crippen LogP contribution in [0.5, 0.6) is 11.5 Å². The first-order valence-corrected chi connectivity index (χ1v) is 39.4. The molecular weight excluding hydrogens is 1570 g/mol. The monoisotopic (exact) mass is 1650 g/mol. The molecule has 0 spiro atoms. The first-order chi connectivity index (χ1) is 60.2. The molecule has 32 heteroatoms. The van der Waals surface area contributed by atoms with Gasteiger partial charge in [-0.3, -0.25) is 42.8 Å². The zero-order chi connectivity index (χ0) is 86.7. The maximum Gasteiger partial charge on any atom is 0.339 e. The molecule has 0 saturated heterocycles. The first-order valence-electron chi connectivity index (χ1n) is 39.4. The van der Waals surface area contributed by atoms with Gasteiger partial charge in [-0.15, -0.1) is 0 Å². The van der Waals surface area contributed by atoms with Gasteiger partial charge in [-0.05, 0) is 192 Å². The van der Waals surface area contributed by atoms with E-state index in [2.05, 4.69) is 67.4 Å². The van der Waals surface area contributed by atoms with Crippen LogP contribution in [0.1, 0.15) is 36.5 Å². The third kappa shape index (κ3) is 18.1. The van der Waals surface area contributed by atoms with Crippen LogP contribution < -0.4 is 59.4 Å². The number of ether oxygens (including phenoxy) is 1. The highest BCUT2D eigenvalue weighted by molar-refractivity contribution is 6.05. The fourth-order valence-corrected chi connectivity index (χ4v) is 13.8. The standard InChI is InChI=1S/C35H32N10O3.C29H28N8O2.C28H24N6O3/c1-42(2)19-6-12-29(46)43(3)27-10-5-11-28(21-27)45-33-30(31(36)39-22-40-33)44(35(45)48)26-15-13-23(14-16-26)34(47)41-25-9-4-8-24(20-25)32-37-17-7-18-38-32;1-34(20-12-13-20)14-6-11-25(38)35(2)21-8-5-9-22(16-21)37-28-26(27(30)32-18-33-28)36(29(37)39)23-15-19-7-3-4-10-24(19)31-17-23;1-2-3-12-24(35)32-19-8-7-9-21(17-19)34-27-25(26(29)30-18-31-27)33(28(34)36)20-13-15-23(16-14-20)37-22-10-5-4-6-11-22/h4-18,20-22H,19H2,1-3H3,(H,41,47)(H2,36,39,40);3-11,15-18,20H,12-14H2,1-2H3,(H2,30,32,33);3-18H,2H2,1H3,(H,32,35)(H2,29,30,31)/b12-6+;11-6+;12-3+. The number of imidazole rings is 3. The van der Waals surface area contributed by atoms with Crippen LogP contribution >= 0.6 is 0 Å². The van der Waals surface area contributed by atoms with E-state index in [-0.39, 0.29) is 58.1 Å². The normalized spacial score (nSPS) is 12.0. The molecule has 8 aromatic heterocycles. The van der Waals surface area contributed by atoms with Gasteiger partial charge in [-0.25, -0.2) is 68.0 Å². The summed E-state index contributed by atoms with van der Waals surface area (Å²) >= 11 is 0. The number of aromatic nitrogens is 15. The summed E-state index contributed by atoms with van der Waals surface area (Å²) in [6.07, 6.45) is 22.1. The zero-order valence-corrected chi connectivity index (χ0v) is 68.2. The summed E-state index contributed by atoms with van der Waals surface area (Å²) in [4.78, 5) is 139. The molecule has 8 heterocycles. The van der Waals surface area contributed by atoms with Gasteiger partial charge in [0.25, 0.3) is 5.91 Å². The van der Waals surface area contributed by atoms with Gasteiger partial charge in [0.1, 0.15) is 47.0 Å². The van der Waals surface area contributed by atoms with E-state index in [0.717, 1.165) is 29.4 Å². The maximum atomic E-state index is 14.1. The molecule has 1 aliphatic carbocycles. The number of rotatable bonds is 23. The fourth-order valence-electron chi connectivity index (χ4n) is 13.8. The number of anilines is 7. The predicted octanol–water partition coefficient (Wildman–Crippen LogP) is 12.1.